The summed E-state index contributed by atoms with van der Waals surface area (Å²) in [5, 5.41) is 0. The van der Waals surface area contributed by atoms with E-state index in [1.807, 2.05) is 37.2 Å². The number of nitrogens with zero attached hydrogens (tertiary/aromatic N) is 2. The van der Waals surface area contributed by atoms with Crippen LogP contribution in [0, 0.1) is 0 Å². The number of carbonyl (C=O) groups excluding carboxylic acids is 3. The lowest BCUT2D eigenvalue weighted by atomic mass is 10.1. The van der Waals surface area contributed by atoms with Crippen LogP contribution in [-0.2, 0) is 27.5 Å². The number of methoxy groups -OCH3 is 2. The summed E-state index contributed by atoms with van der Waals surface area (Å²) < 4.78 is 22.0. The highest BCUT2D eigenvalue weighted by molar-refractivity contribution is 6.01. The van der Waals surface area contributed by atoms with Gasteiger partial charge in [-0.3, -0.25) is 14.4 Å². The molecule has 0 spiro atoms. The van der Waals surface area contributed by atoms with E-state index in [1.54, 1.807) is 25.3 Å². The maximum atomic E-state index is 13.0. The van der Waals surface area contributed by atoms with Crippen molar-refractivity contribution in [1.82, 2.24) is 9.80 Å². The largest absolute Gasteiger partial charge is 0.493 e. The first-order valence-corrected chi connectivity index (χ1v) is 11.6. The molecule has 194 valence electrons. The van der Waals surface area contributed by atoms with E-state index in [0.717, 1.165) is 12.1 Å². The number of amides is 2. The topological polar surface area (TPSA) is 121 Å². The smallest absolute Gasteiger partial charge is 0.305 e. The van der Waals surface area contributed by atoms with Gasteiger partial charge in [0.2, 0.25) is 5.91 Å². The van der Waals surface area contributed by atoms with Gasteiger partial charge in [-0.1, -0.05) is 12.1 Å². The third-order valence-electron chi connectivity index (χ3n) is 5.93. The average Bonchev–Trinajstić information content (AvgIpc) is 3.19. The van der Waals surface area contributed by atoms with Gasteiger partial charge in [-0.05, 0) is 50.3 Å². The lowest BCUT2D eigenvalue weighted by molar-refractivity contribution is -0.141. The molecule has 36 heavy (non-hydrogen) atoms. The van der Waals surface area contributed by atoms with Crippen molar-refractivity contribution in [2.24, 2.45) is 5.73 Å². The number of hydrogen-bond donors (Lipinski definition) is 1. The summed E-state index contributed by atoms with van der Waals surface area (Å²) in [4.78, 5) is 40.1. The lowest BCUT2D eigenvalue weighted by Crippen LogP contribution is -2.45. The van der Waals surface area contributed by atoms with Crippen LogP contribution in [0.5, 0.6) is 17.2 Å². The second-order valence-corrected chi connectivity index (χ2v) is 8.67. The van der Waals surface area contributed by atoms with Crippen LogP contribution in [0.4, 0.5) is 0 Å². The third-order valence-corrected chi connectivity index (χ3v) is 5.93. The van der Waals surface area contributed by atoms with Gasteiger partial charge < -0.3 is 34.5 Å². The van der Waals surface area contributed by atoms with E-state index in [0.29, 0.717) is 35.0 Å². The van der Waals surface area contributed by atoms with E-state index in [4.69, 9.17) is 19.9 Å². The summed E-state index contributed by atoms with van der Waals surface area (Å²) in [6.45, 7) is 1.70. The number of likely N-dealkylation sites (N-methyl/N-ethyl adjacent to an activating group) is 1. The molecular formula is C26H33N3O7. The quantitative estimate of drug-likeness (QED) is 0.416. The van der Waals surface area contributed by atoms with Crippen molar-refractivity contribution in [3.05, 3.63) is 53.1 Å². The Morgan fingerprint density at radius 3 is 2.53 bits per heavy atom. The molecule has 1 aliphatic rings. The summed E-state index contributed by atoms with van der Waals surface area (Å²) in [5.41, 5.74) is 7.53. The monoisotopic (exact) mass is 499 g/mol. The minimum absolute atomic E-state index is 0.0235. The summed E-state index contributed by atoms with van der Waals surface area (Å²) in [7, 11) is 6.80. The highest BCUT2D eigenvalue weighted by Gasteiger charge is 2.37. The number of esters is 1. The predicted molar refractivity (Wildman–Crippen MR) is 132 cm³/mol. The molecule has 0 saturated heterocycles. The predicted octanol–water partition coefficient (Wildman–Crippen LogP) is 1.98. The molecule has 0 fully saturated rings. The fourth-order valence-corrected chi connectivity index (χ4v) is 3.94. The molecule has 10 heteroatoms. The Morgan fingerprint density at radius 2 is 1.86 bits per heavy atom. The highest BCUT2D eigenvalue weighted by Crippen LogP contribution is 2.34. The van der Waals surface area contributed by atoms with E-state index < -0.39 is 17.9 Å². The molecule has 2 aromatic carbocycles. The van der Waals surface area contributed by atoms with E-state index in [-0.39, 0.29) is 31.9 Å². The molecule has 10 nitrogen and oxygen atoms in total. The third kappa shape index (κ3) is 6.45. The molecule has 0 radical (unpaired) electrons. The van der Waals surface area contributed by atoms with Crippen molar-refractivity contribution >= 4 is 17.8 Å². The molecule has 1 aliphatic heterocycles. The van der Waals surface area contributed by atoms with Crippen molar-refractivity contribution < 1.29 is 33.3 Å². The molecule has 2 amide bonds. The molecule has 1 atom stereocenters. The van der Waals surface area contributed by atoms with Gasteiger partial charge in [0.1, 0.15) is 25.0 Å². The zero-order valence-corrected chi connectivity index (χ0v) is 21.1. The Morgan fingerprint density at radius 1 is 1.08 bits per heavy atom. The fraction of sp³-hybridized carbons (Fsp3) is 0.423. The number of rotatable bonds is 13. The molecule has 1 heterocycles. The number of nitrogens with two attached hydrogens (primary N) is 1. The van der Waals surface area contributed by atoms with Crippen LogP contribution in [0.3, 0.4) is 0 Å². The van der Waals surface area contributed by atoms with Gasteiger partial charge in [0.05, 0.1) is 20.8 Å². The van der Waals surface area contributed by atoms with Gasteiger partial charge >= 0.3 is 5.97 Å². The second kappa shape index (κ2) is 12.3. The number of hydrogen-bond acceptors (Lipinski definition) is 8. The summed E-state index contributed by atoms with van der Waals surface area (Å²) >= 11 is 0. The molecule has 0 aliphatic carbocycles. The molecular weight excluding hydrogens is 466 g/mol. The SMILES string of the molecule is COC(=O)CCC(C(N)=O)N1Cc2c(OCc3ccc(OCCN(C)C)c(OC)c3)cccc2C1=O. The number of carbonyl (C=O) groups is 3. The minimum Gasteiger partial charge on any atom is -0.493 e. The summed E-state index contributed by atoms with van der Waals surface area (Å²) in [5.74, 6) is 0.301. The second-order valence-electron chi connectivity index (χ2n) is 8.67. The lowest BCUT2D eigenvalue weighted by Gasteiger charge is -2.24. The zero-order chi connectivity index (χ0) is 26.2. The van der Waals surface area contributed by atoms with E-state index in [2.05, 4.69) is 4.74 Å². The molecule has 3 rings (SSSR count). The molecule has 0 bridgehead atoms. The van der Waals surface area contributed by atoms with Crippen LogP contribution in [0.25, 0.3) is 0 Å². The van der Waals surface area contributed by atoms with E-state index >= 15 is 0 Å². The number of ether oxygens (including phenoxy) is 4. The van der Waals surface area contributed by atoms with Crippen molar-refractivity contribution in [3.8, 4) is 17.2 Å². The number of fused-ring (bicyclic) bond motifs is 1. The van der Waals surface area contributed by atoms with Crippen molar-refractivity contribution in [3.63, 3.8) is 0 Å². The zero-order valence-electron chi connectivity index (χ0n) is 21.1. The fourth-order valence-electron chi connectivity index (χ4n) is 3.94. The summed E-state index contributed by atoms with van der Waals surface area (Å²) in [6, 6.07) is 9.84. The van der Waals surface area contributed by atoms with Crippen LogP contribution >= 0.6 is 0 Å². The molecule has 0 saturated carbocycles. The Balaban J connectivity index is 1.71. The van der Waals surface area contributed by atoms with Crippen molar-refractivity contribution in [2.75, 3.05) is 41.5 Å². The highest BCUT2D eigenvalue weighted by atomic mass is 16.5. The summed E-state index contributed by atoms with van der Waals surface area (Å²) in [6.07, 6.45) is 0.0605. The standard InChI is InChI=1S/C26H33N3O7/c1-28(2)12-13-35-22-10-8-17(14-23(22)33-3)16-36-21-7-5-6-18-19(21)15-29(26(18)32)20(25(27)31)9-11-24(30)34-4/h5-8,10,14,20H,9,11-13,15-16H2,1-4H3,(H2,27,31). The van der Waals surface area contributed by atoms with Crippen LogP contribution < -0.4 is 19.9 Å². The number of primary amides is 1. The van der Waals surface area contributed by atoms with E-state index in [1.165, 1.54) is 12.0 Å². The first-order valence-electron chi connectivity index (χ1n) is 11.6. The van der Waals surface area contributed by atoms with Crippen LogP contribution in [0.15, 0.2) is 36.4 Å². The maximum absolute atomic E-state index is 13.0. The van der Waals surface area contributed by atoms with Crippen molar-refractivity contribution in [1.29, 1.82) is 0 Å². The van der Waals surface area contributed by atoms with Gasteiger partial charge in [-0.2, -0.15) is 0 Å². The van der Waals surface area contributed by atoms with Gasteiger partial charge in [-0.25, -0.2) is 0 Å². The molecule has 2 aromatic rings. The maximum Gasteiger partial charge on any atom is 0.305 e. The first kappa shape index (κ1) is 26.8. The Hall–Kier alpha value is -3.79. The van der Waals surface area contributed by atoms with Crippen molar-refractivity contribution in [2.45, 2.75) is 32.0 Å². The van der Waals surface area contributed by atoms with Gasteiger partial charge in [0.15, 0.2) is 11.5 Å². The minimum atomic E-state index is -0.929. The Labute approximate surface area is 210 Å². The van der Waals surface area contributed by atoms with Gasteiger partial charge in [0, 0.05) is 24.1 Å². The van der Waals surface area contributed by atoms with Crippen LogP contribution in [-0.4, -0.2) is 75.1 Å². The van der Waals surface area contributed by atoms with Crippen LogP contribution in [0.1, 0.15) is 34.3 Å². The normalized spacial score (nSPS) is 13.4. The average molecular weight is 500 g/mol. The first-order chi connectivity index (χ1) is 17.2. The van der Waals surface area contributed by atoms with Gasteiger partial charge in [0.25, 0.3) is 5.91 Å². The molecule has 0 aromatic heterocycles. The van der Waals surface area contributed by atoms with E-state index in [9.17, 15) is 14.4 Å². The van der Waals surface area contributed by atoms with Crippen LogP contribution in [0.2, 0.25) is 0 Å². The Bertz CT molecular complexity index is 1100. The molecule has 2 N–H and O–H groups in total. The number of benzene rings is 2. The molecule has 1 unspecified atom stereocenters. The Kier molecular flexibility index (Phi) is 9.13. The van der Waals surface area contributed by atoms with Gasteiger partial charge in [-0.15, -0.1) is 0 Å².